The molecule has 1 atom stereocenters. The first-order valence-corrected chi connectivity index (χ1v) is 9.76. The van der Waals surface area contributed by atoms with Crippen molar-refractivity contribution >= 4 is 0 Å². The number of hydrogen-bond donors (Lipinski definition) is 0. The molecular weight excluding hydrogens is 304 g/mol. The van der Waals surface area contributed by atoms with Gasteiger partial charge >= 0.3 is 0 Å². The molecule has 0 N–H and O–H groups in total. The van der Waals surface area contributed by atoms with Gasteiger partial charge in [-0.2, -0.15) is 0 Å². The number of hydrogen-bond acceptors (Lipinski definition) is 2. The van der Waals surface area contributed by atoms with Crippen LogP contribution in [0.4, 0.5) is 0 Å². The van der Waals surface area contributed by atoms with Crippen molar-refractivity contribution in [2.75, 3.05) is 26.7 Å². The zero-order chi connectivity index (χ0) is 19.7. The van der Waals surface area contributed by atoms with Gasteiger partial charge in [-0.05, 0) is 82.3 Å². The molecule has 0 aliphatic heterocycles. The minimum atomic E-state index is 0.0835. The molecule has 0 rings (SSSR count). The Kier molecular flexibility index (Phi) is 10.5. The van der Waals surface area contributed by atoms with Crippen LogP contribution in [-0.4, -0.2) is 48.6 Å². The maximum atomic E-state index is 3.38. The van der Waals surface area contributed by atoms with Crippen molar-refractivity contribution in [2.24, 2.45) is 10.8 Å². The molecule has 0 aromatic carbocycles. The highest BCUT2D eigenvalue weighted by molar-refractivity contribution is 5.09. The van der Waals surface area contributed by atoms with Crippen LogP contribution in [-0.2, 0) is 0 Å². The molecule has 0 aromatic rings. The van der Waals surface area contributed by atoms with E-state index in [9.17, 15) is 0 Å². The van der Waals surface area contributed by atoms with Gasteiger partial charge in [0.25, 0.3) is 0 Å². The van der Waals surface area contributed by atoms with Crippen LogP contribution in [0, 0.1) is 34.5 Å². The van der Waals surface area contributed by atoms with E-state index in [1.165, 1.54) is 6.42 Å². The third-order valence-electron chi connectivity index (χ3n) is 3.96. The molecule has 2 heteroatoms. The van der Waals surface area contributed by atoms with E-state index >= 15 is 0 Å². The first-order chi connectivity index (χ1) is 11.3. The minimum absolute atomic E-state index is 0.0835. The molecule has 0 radical (unpaired) electrons. The summed E-state index contributed by atoms with van der Waals surface area (Å²) in [4.78, 5) is 4.90. The molecule has 0 spiro atoms. The molecule has 0 amide bonds. The average molecular weight is 347 g/mol. The predicted octanol–water partition coefficient (Wildman–Crippen LogP) is 4.90. The van der Waals surface area contributed by atoms with Gasteiger partial charge in [-0.25, -0.2) is 0 Å². The van der Waals surface area contributed by atoms with Gasteiger partial charge in [0, 0.05) is 35.9 Å². The molecule has 0 aliphatic carbocycles. The van der Waals surface area contributed by atoms with Crippen molar-refractivity contribution in [3.8, 4) is 23.7 Å². The van der Waals surface area contributed by atoms with Crippen molar-refractivity contribution in [2.45, 2.75) is 87.2 Å². The van der Waals surface area contributed by atoms with E-state index in [0.717, 1.165) is 26.1 Å². The van der Waals surface area contributed by atoms with Crippen LogP contribution < -0.4 is 0 Å². The summed E-state index contributed by atoms with van der Waals surface area (Å²) >= 11 is 0. The van der Waals surface area contributed by atoms with E-state index in [0.29, 0.717) is 12.1 Å². The van der Waals surface area contributed by atoms with E-state index in [-0.39, 0.29) is 10.8 Å². The highest BCUT2D eigenvalue weighted by Crippen LogP contribution is 2.12. The van der Waals surface area contributed by atoms with Gasteiger partial charge in [-0.1, -0.05) is 17.8 Å². The quantitative estimate of drug-likeness (QED) is 0.577. The fraction of sp³-hybridized carbons (Fsp3) is 0.826. The normalized spacial score (nSPS) is 13.5. The molecule has 0 heterocycles. The van der Waals surface area contributed by atoms with Crippen LogP contribution in [0.25, 0.3) is 0 Å². The van der Waals surface area contributed by atoms with E-state index < -0.39 is 0 Å². The molecule has 0 fully saturated rings. The lowest BCUT2D eigenvalue weighted by molar-refractivity contribution is 0.165. The summed E-state index contributed by atoms with van der Waals surface area (Å²) in [6.45, 7) is 22.8. The molecule has 0 bridgehead atoms. The fourth-order valence-corrected chi connectivity index (χ4v) is 2.50. The SMILES string of the molecule is CC(C)N(CC#CC(C)(C)C)C(C)CCN(C)CCC#CC(C)(C)C. The van der Waals surface area contributed by atoms with Gasteiger partial charge in [-0.3, -0.25) is 4.90 Å². The van der Waals surface area contributed by atoms with Gasteiger partial charge in [0.1, 0.15) is 0 Å². The summed E-state index contributed by atoms with van der Waals surface area (Å²) in [5.74, 6) is 13.3. The Morgan fingerprint density at radius 3 is 1.80 bits per heavy atom. The van der Waals surface area contributed by atoms with Gasteiger partial charge in [-0.15, -0.1) is 5.92 Å². The summed E-state index contributed by atoms with van der Waals surface area (Å²) in [6, 6.07) is 1.06. The van der Waals surface area contributed by atoms with Crippen LogP contribution in [0.5, 0.6) is 0 Å². The zero-order valence-electron chi connectivity index (χ0n) is 18.6. The minimum Gasteiger partial charge on any atom is -0.305 e. The summed E-state index contributed by atoms with van der Waals surface area (Å²) in [5.41, 5.74) is 0.194. The lowest BCUT2D eigenvalue weighted by Gasteiger charge is -2.32. The van der Waals surface area contributed by atoms with Gasteiger partial charge in [0.05, 0.1) is 6.54 Å². The lowest BCUT2D eigenvalue weighted by atomic mass is 9.98. The summed E-state index contributed by atoms with van der Waals surface area (Å²) < 4.78 is 0. The maximum absolute atomic E-state index is 3.38. The molecule has 2 nitrogen and oxygen atoms in total. The van der Waals surface area contributed by atoms with E-state index in [1.54, 1.807) is 0 Å². The number of rotatable bonds is 8. The van der Waals surface area contributed by atoms with Crippen molar-refractivity contribution in [3.05, 3.63) is 0 Å². The van der Waals surface area contributed by atoms with Crippen molar-refractivity contribution in [1.29, 1.82) is 0 Å². The van der Waals surface area contributed by atoms with Crippen LogP contribution >= 0.6 is 0 Å². The van der Waals surface area contributed by atoms with E-state index in [2.05, 4.69) is 103 Å². The lowest BCUT2D eigenvalue weighted by Crippen LogP contribution is -2.40. The Bertz CT molecular complexity index is 483. The van der Waals surface area contributed by atoms with Crippen LogP contribution in [0.3, 0.4) is 0 Å². The molecule has 0 aliphatic rings. The summed E-state index contributed by atoms with van der Waals surface area (Å²) in [5, 5.41) is 0. The molecule has 25 heavy (non-hydrogen) atoms. The Labute approximate surface area is 158 Å². The summed E-state index contributed by atoms with van der Waals surface area (Å²) in [7, 11) is 2.20. The smallest absolute Gasteiger partial charge is 0.0606 e. The second-order valence-corrected chi connectivity index (χ2v) is 9.56. The van der Waals surface area contributed by atoms with Crippen molar-refractivity contribution < 1.29 is 0 Å². The average Bonchev–Trinajstić information content (AvgIpc) is 2.43. The van der Waals surface area contributed by atoms with Crippen LogP contribution in [0.15, 0.2) is 0 Å². The van der Waals surface area contributed by atoms with Crippen LogP contribution in [0.2, 0.25) is 0 Å². The van der Waals surface area contributed by atoms with E-state index in [1.807, 2.05) is 0 Å². The topological polar surface area (TPSA) is 6.48 Å². The van der Waals surface area contributed by atoms with Gasteiger partial charge in [0.15, 0.2) is 0 Å². The van der Waals surface area contributed by atoms with Crippen molar-refractivity contribution in [1.82, 2.24) is 9.80 Å². The molecule has 0 saturated heterocycles. The Morgan fingerprint density at radius 1 is 0.800 bits per heavy atom. The molecule has 0 saturated carbocycles. The molecule has 0 aromatic heterocycles. The molecular formula is C23H42N2. The third kappa shape index (κ3) is 13.9. The van der Waals surface area contributed by atoms with E-state index in [4.69, 9.17) is 0 Å². The predicted molar refractivity (Wildman–Crippen MR) is 112 cm³/mol. The highest BCUT2D eigenvalue weighted by Gasteiger charge is 2.16. The Hall–Kier alpha value is -0.960. The first-order valence-electron chi connectivity index (χ1n) is 9.76. The zero-order valence-corrected chi connectivity index (χ0v) is 18.6. The highest BCUT2D eigenvalue weighted by atomic mass is 15.2. The molecule has 144 valence electrons. The monoisotopic (exact) mass is 346 g/mol. The number of nitrogens with zero attached hydrogens (tertiary/aromatic N) is 2. The largest absolute Gasteiger partial charge is 0.305 e. The first kappa shape index (κ1) is 24.0. The van der Waals surface area contributed by atoms with Gasteiger partial charge < -0.3 is 4.90 Å². The third-order valence-corrected chi connectivity index (χ3v) is 3.96. The Morgan fingerprint density at radius 2 is 1.32 bits per heavy atom. The Balaban J connectivity index is 4.39. The second-order valence-electron chi connectivity index (χ2n) is 9.56. The fourth-order valence-electron chi connectivity index (χ4n) is 2.50. The van der Waals surface area contributed by atoms with Gasteiger partial charge in [0.2, 0.25) is 0 Å². The van der Waals surface area contributed by atoms with Crippen LogP contribution in [0.1, 0.15) is 75.2 Å². The maximum Gasteiger partial charge on any atom is 0.0606 e. The standard InChI is InChI=1S/C23H42N2/c1-20(2)25(18-13-16-23(7,8)9)21(3)14-19-24(10)17-12-11-15-22(4,5)6/h20-21H,12,14,17-19H2,1-10H3. The second kappa shape index (κ2) is 10.9. The summed E-state index contributed by atoms with van der Waals surface area (Å²) in [6.07, 6.45) is 2.12. The van der Waals surface area contributed by atoms with Crippen molar-refractivity contribution in [3.63, 3.8) is 0 Å². The molecule has 1 unspecified atom stereocenters.